The smallest absolute Gasteiger partial charge is 0.253 e. The van der Waals surface area contributed by atoms with Crippen molar-refractivity contribution in [2.24, 2.45) is 0 Å². The summed E-state index contributed by atoms with van der Waals surface area (Å²) >= 11 is 0. The van der Waals surface area contributed by atoms with Gasteiger partial charge in [-0.1, -0.05) is 18.2 Å². The van der Waals surface area contributed by atoms with E-state index in [-0.39, 0.29) is 5.91 Å². The number of nitrogens with one attached hydrogen (secondary N) is 3. The van der Waals surface area contributed by atoms with Crippen molar-refractivity contribution in [3.05, 3.63) is 36.0 Å². The summed E-state index contributed by atoms with van der Waals surface area (Å²) in [4.78, 5) is 15.0. The van der Waals surface area contributed by atoms with Crippen LogP contribution in [-0.4, -0.2) is 31.0 Å². The molecule has 0 saturated carbocycles. The molecule has 0 fully saturated rings. The third-order valence-electron chi connectivity index (χ3n) is 2.72. The van der Waals surface area contributed by atoms with Gasteiger partial charge in [0.25, 0.3) is 5.91 Å². The molecule has 0 spiro atoms. The maximum absolute atomic E-state index is 11.9. The Morgan fingerprint density at radius 3 is 2.94 bits per heavy atom. The first-order valence-electron chi connectivity index (χ1n) is 5.82. The van der Waals surface area contributed by atoms with Gasteiger partial charge in [0, 0.05) is 23.6 Å². The van der Waals surface area contributed by atoms with E-state index in [2.05, 4.69) is 15.6 Å². The molecular weight excluding hydrogens is 214 g/mol. The number of carbonyl (C=O) groups excluding carboxylic acids is 1. The molecule has 0 unspecified atom stereocenters. The third-order valence-corrected chi connectivity index (χ3v) is 2.72. The number of benzene rings is 1. The fourth-order valence-electron chi connectivity index (χ4n) is 1.82. The highest BCUT2D eigenvalue weighted by atomic mass is 16.1. The van der Waals surface area contributed by atoms with E-state index in [9.17, 15) is 4.79 Å². The Hall–Kier alpha value is -1.81. The number of amides is 1. The second kappa shape index (κ2) is 5.50. The normalized spacial score (nSPS) is 10.6. The van der Waals surface area contributed by atoms with Crippen molar-refractivity contribution in [1.82, 2.24) is 15.6 Å². The molecule has 90 valence electrons. The quantitative estimate of drug-likeness (QED) is 0.683. The monoisotopic (exact) mass is 231 g/mol. The number of carbonyl (C=O) groups is 1. The van der Waals surface area contributed by atoms with Crippen LogP contribution in [0.1, 0.15) is 16.8 Å². The van der Waals surface area contributed by atoms with Gasteiger partial charge in [0.2, 0.25) is 0 Å². The van der Waals surface area contributed by atoms with E-state index in [1.54, 1.807) is 6.20 Å². The van der Waals surface area contributed by atoms with Gasteiger partial charge in [0.05, 0.1) is 5.56 Å². The minimum absolute atomic E-state index is 0.0152. The van der Waals surface area contributed by atoms with Gasteiger partial charge in [-0.15, -0.1) is 0 Å². The van der Waals surface area contributed by atoms with E-state index >= 15 is 0 Å². The van der Waals surface area contributed by atoms with E-state index in [4.69, 9.17) is 0 Å². The maximum atomic E-state index is 11.9. The predicted molar refractivity (Wildman–Crippen MR) is 69.2 cm³/mol. The second-order valence-corrected chi connectivity index (χ2v) is 3.96. The minimum Gasteiger partial charge on any atom is -0.360 e. The topological polar surface area (TPSA) is 56.9 Å². The summed E-state index contributed by atoms with van der Waals surface area (Å²) in [5.74, 6) is -0.0152. The lowest BCUT2D eigenvalue weighted by atomic mass is 10.1. The van der Waals surface area contributed by atoms with Crippen LogP contribution in [0.15, 0.2) is 30.5 Å². The first-order chi connectivity index (χ1) is 8.33. The summed E-state index contributed by atoms with van der Waals surface area (Å²) in [5.41, 5.74) is 1.71. The minimum atomic E-state index is -0.0152. The third kappa shape index (κ3) is 2.65. The van der Waals surface area contributed by atoms with Crippen LogP contribution in [0.2, 0.25) is 0 Å². The van der Waals surface area contributed by atoms with Gasteiger partial charge in [0.15, 0.2) is 0 Å². The Morgan fingerprint density at radius 2 is 2.12 bits per heavy atom. The fraction of sp³-hybridized carbons (Fsp3) is 0.308. The Labute approximate surface area is 100 Å². The molecule has 0 radical (unpaired) electrons. The lowest BCUT2D eigenvalue weighted by molar-refractivity contribution is 0.0955. The van der Waals surface area contributed by atoms with Gasteiger partial charge in [-0.05, 0) is 26.1 Å². The molecule has 4 heteroatoms. The average Bonchev–Trinajstić information content (AvgIpc) is 2.78. The van der Waals surface area contributed by atoms with Crippen LogP contribution in [0.4, 0.5) is 0 Å². The molecule has 17 heavy (non-hydrogen) atoms. The number of H-pyrrole nitrogens is 1. The molecule has 0 atom stereocenters. The summed E-state index contributed by atoms with van der Waals surface area (Å²) in [6.07, 6.45) is 2.70. The molecule has 3 N–H and O–H groups in total. The Bertz CT molecular complexity index is 504. The van der Waals surface area contributed by atoms with Crippen LogP contribution in [0.3, 0.4) is 0 Å². The zero-order valence-corrected chi connectivity index (χ0v) is 9.92. The number of hydrogen-bond acceptors (Lipinski definition) is 2. The SMILES string of the molecule is CNCCCNC(=O)c1c[nH]c2ccccc12. The number of para-hydroxylation sites is 1. The van der Waals surface area contributed by atoms with Crippen LogP contribution in [0, 0.1) is 0 Å². The van der Waals surface area contributed by atoms with E-state index in [1.165, 1.54) is 0 Å². The largest absolute Gasteiger partial charge is 0.360 e. The van der Waals surface area contributed by atoms with Crippen LogP contribution >= 0.6 is 0 Å². The first kappa shape index (κ1) is 11.7. The molecule has 1 heterocycles. The van der Waals surface area contributed by atoms with Crippen molar-refractivity contribution in [2.75, 3.05) is 20.1 Å². The zero-order chi connectivity index (χ0) is 12.1. The molecule has 0 aliphatic rings. The number of hydrogen-bond donors (Lipinski definition) is 3. The number of aromatic amines is 1. The summed E-state index contributed by atoms with van der Waals surface area (Å²) in [6.45, 7) is 1.60. The highest BCUT2D eigenvalue weighted by Gasteiger charge is 2.10. The highest BCUT2D eigenvalue weighted by Crippen LogP contribution is 2.17. The first-order valence-corrected chi connectivity index (χ1v) is 5.82. The van der Waals surface area contributed by atoms with E-state index in [0.717, 1.165) is 23.9 Å². The predicted octanol–water partition coefficient (Wildman–Crippen LogP) is 1.51. The molecule has 0 aliphatic carbocycles. The molecule has 2 rings (SSSR count). The fourth-order valence-corrected chi connectivity index (χ4v) is 1.82. The molecule has 2 aromatic rings. The van der Waals surface area contributed by atoms with Crippen molar-refractivity contribution in [2.45, 2.75) is 6.42 Å². The van der Waals surface area contributed by atoms with E-state index < -0.39 is 0 Å². The Kier molecular flexibility index (Phi) is 3.77. The van der Waals surface area contributed by atoms with Crippen molar-refractivity contribution < 1.29 is 4.79 Å². The lowest BCUT2D eigenvalue weighted by Crippen LogP contribution is -2.26. The second-order valence-electron chi connectivity index (χ2n) is 3.96. The Balaban J connectivity index is 2.04. The lowest BCUT2D eigenvalue weighted by Gasteiger charge is -2.03. The van der Waals surface area contributed by atoms with E-state index in [1.807, 2.05) is 31.3 Å². The van der Waals surface area contributed by atoms with Crippen molar-refractivity contribution >= 4 is 16.8 Å². The van der Waals surface area contributed by atoms with Crippen LogP contribution in [-0.2, 0) is 0 Å². The highest BCUT2D eigenvalue weighted by molar-refractivity contribution is 6.06. The van der Waals surface area contributed by atoms with Gasteiger partial charge in [0.1, 0.15) is 0 Å². The van der Waals surface area contributed by atoms with Crippen molar-refractivity contribution in [1.29, 1.82) is 0 Å². The molecule has 1 aromatic carbocycles. The molecule has 1 aromatic heterocycles. The number of aromatic nitrogens is 1. The Morgan fingerprint density at radius 1 is 1.29 bits per heavy atom. The molecule has 0 bridgehead atoms. The molecule has 0 aliphatic heterocycles. The van der Waals surface area contributed by atoms with Gasteiger partial charge < -0.3 is 15.6 Å². The van der Waals surface area contributed by atoms with Crippen LogP contribution < -0.4 is 10.6 Å². The summed E-state index contributed by atoms with van der Waals surface area (Å²) in [7, 11) is 1.90. The van der Waals surface area contributed by atoms with Gasteiger partial charge in [-0.25, -0.2) is 0 Å². The van der Waals surface area contributed by atoms with Crippen molar-refractivity contribution in [3.8, 4) is 0 Å². The van der Waals surface area contributed by atoms with Gasteiger partial charge >= 0.3 is 0 Å². The summed E-state index contributed by atoms with van der Waals surface area (Å²) < 4.78 is 0. The van der Waals surface area contributed by atoms with E-state index in [0.29, 0.717) is 12.1 Å². The standard InChI is InChI=1S/C13H17N3O/c1-14-7-4-8-15-13(17)11-9-16-12-6-3-2-5-10(11)12/h2-3,5-6,9,14,16H,4,7-8H2,1H3,(H,15,17). The number of fused-ring (bicyclic) bond motifs is 1. The van der Waals surface area contributed by atoms with Gasteiger partial charge in [-0.2, -0.15) is 0 Å². The van der Waals surface area contributed by atoms with Gasteiger partial charge in [-0.3, -0.25) is 4.79 Å². The maximum Gasteiger partial charge on any atom is 0.253 e. The summed E-state index contributed by atoms with van der Waals surface area (Å²) in [6, 6.07) is 7.81. The molecule has 4 nitrogen and oxygen atoms in total. The molecule has 0 saturated heterocycles. The average molecular weight is 231 g/mol. The number of rotatable bonds is 5. The molecule has 1 amide bonds. The molecular formula is C13H17N3O. The van der Waals surface area contributed by atoms with Crippen LogP contribution in [0.5, 0.6) is 0 Å². The van der Waals surface area contributed by atoms with Crippen molar-refractivity contribution in [3.63, 3.8) is 0 Å². The zero-order valence-electron chi connectivity index (χ0n) is 9.92. The summed E-state index contributed by atoms with van der Waals surface area (Å²) in [5, 5.41) is 6.93. The van der Waals surface area contributed by atoms with Crippen LogP contribution in [0.25, 0.3) is 10.9 Å².